The monoisotopic (exact) mass is 154 g/mol. The van der Waals surface area contributed by atoms with Gasteiger partial charge < -0.3 is 0 Å². The number of allylic oxidation sites excluding steroid dienone is 1. The zero-order valence-electron chi connectivity index (χ0n) is 8.48. The van der Waals surface area contributed by atoms with Gasteiger partial charge in [-0.1, -0.05) is 40.2 Å². The third-order valence-corrected chi connectivity index (χ3v) is 2.62. The van der Waals surface area contributed by atoms with E-state index in [1.807, 2.05) is 0 Å². The SMILES string of the molecule is C=CC(CC)C(C)(C)CCC. The molecule has 0 saturated heterocycles. The Morgan fingerprint density at radius 1 is 1.36 bits per heavy atom. The largest absolute Gasteiger partial charge is 0.103 e. The van der Waals surface area contributed by atoms with Crippen LogP contribution in [0.1, 0.15) is 47.0 Å². The Kier molecular flexibility index (Phi) is 4.48. The molecule has 66 valence electrons. The Morgan fingerprint density at radius 2 is 1.91 bits per heavy atom. The number of rotatable bonds is 5. The first-order valence-corrected chi connectivity index (χ1v) is 4.71. The van der Waals surface area contributed by atoms with Gasteiger partial charge in [0.2, 0.25) is 0 Å². The van der Waals surface area contributed by atoms with Gasteiger partial charge in [-0.3, -0.25) is 0 Å². The van der Waals surface area contributed by atoms with Gasteiger partial charge in [0, 0.05) is 0 Å². The fourth-order valence-electron chi connectivity index (χ4n) is 1.87. The molecule has 0 nitrogen and oxygen atoms in total. The summed E-state index contributed by atoms with van der Waals surface area (Å²) in [7, 11) is 0. The molecule has 0 saturated carbocycles. The van der Waals surface area contributed by atoms with Gasteiger partial charge in [0.15, 0.2) is 0 Å². The molecule has 0 aliphatic rings. The molecule has 0 fully saturated rings. The van der Waals surface area contributed by atoms with Gasteiger partial charge in [0.1, 0.15) is 0 Å². The highest BCUT2D eigenvalue weighted by atomic mass is 14.3. The lowest BCUT2D eigenvalue weighted by atomic mass is 9.74. The maximum atomic E-state index is 3.88. The first kappa shape index (κ1) is 10.7. The highest BCUT2D eigenvalue weighted by molar-refractivity contribution is 4.88. The van der Waals surface area contributed by atoms with Crippen molar-refractivity contribution in [1.82, 2.24) is 0 Å². The molecule has 0 radical (unpaired) electrons. The molecule has 0 aromatic heterocycles. The van der Waals surface area contributed by atoms with Crippen molar-refractivity contribution in [2.75, 3.05) is 0 Å². The van der Waals surface area contributed by atoms with Crippen LogP contribution in [0, 0.1) is 11.3 Å². The first-order valence-electron chi connectivity index (χ1n) is 4.71. The normalized spacial score (nSPS) is 14.5. The molecule has 0 aromatic rings. The Morgan fingerprint density at radius 3 is 2.18 bits per heavy atom. The summed E-state index contributed by atoms with van der Waals surface area (Å²) in [6.45, 7) is 13.0. The van der Waals surface area contributed by atoms with Crippen molar-refractivity contribution in [3.8, 4) is 0 Å². The lowest BCUT2D eigenvalue weighted by Gasteiger charge is -2.31. The van der Waals surface area contributed by atoms with E-state index in [0.717, 1.165) is 0 Å². The van der Waals surface area contributed by atoms with Crippen molar-refractivity contribution in [2.45, 2.75) is 47.0 Å². The second-order valence-corrected chi connectivity index (χ2v) is 3.99. The van der Waals surface area contributed by atoms with E-state index in [9.17, 15) is 0 Å². The average molecular weight is 154 g/mol. The molecule has 0 spiro atoms. The van der Waals surface area contributed by atoms with Gasteiger partial charge in [-0.15, -0.1) is 6.58 Å². The van der Waals surface area contributed by atoms with Crippen molar-refractivity contribution in [3.05, 3.63) is 12.7 Å². The first-order chi connectivity index (χ1) is 5.08. The highest BCUT2D eigenvalue weighted by Gasteiger charge is 2.24. The van der Waals surface area contributed by atoms with E-state index in [1.165, 1.54) is 19.3 Å². The summed E-state index contributed by atoms with van der Waals surface area (Å²) in [5, 5.41) is 0. The fraction of sp³-hybridized carbons (Fsp3) is 0.818. The zero-order chi connectivity index (χ0) is 8.91. The molecule has 0 aliphatic carbocycles. The van der Waals surface area contributed by atoms with Crippen LogP contribution in [0.4, 0.5) is 0 Å². The van der Waals surface area contributed by atoms with Crippen LogP contribution >= 0.6 is 0 Å². The Bertz CT molecular complexity index is 111. The van der Waals surface area contributed by atoms with Crippen molar-refractivity contribution in [3.63, 3.8) is 0 Å². The lowest BCUT2D eigenvalue weighted by molar-refractivity contribution is 0.230. The van der Waals surface area contributed by atoms with Gasteiger partial charge in [-0.2, -0.15) is 0 Å². The summed E-state index contributed by atoms with van der Waals surface area (Å²) in [5.74, 6) is 0.683. The molecule has 11 heavy (non-hydrogen) atoms. The minimum atomic E-state index is 0.450. The molecule has 0 N–H and O–H groups in total. The Hall–Kier alpha value is -0.260. The van der Waals surface area contributed by atoms with Crippen LogP contribution in [0.5, 0.6) is 0 Å². The van der Waals surface area contributed by atoms with E-state index in [1.54, 1.807) is 0 Å². The summed E-state index contributed by atoms with van der Waals surface area (Å²) in [6.07, 6.45) is 5.90. The third-order valence-electron chi connectivity index (χ3n) is 2.62. The van der Waals surface area contributed by atoms with E-state index in [4.69, 9.17) is 0 Å². The maximum absolute atomic E-state index is 3.88. The van der Waals surface area contributed by atoms with E-state index >= 15 is 0 Å². The third kappa shape index (κ3) is 3.09. The van der Waals surface area contributed by atoms with Crippen molar-refractivity contribution in [1.29, 1.82) is 0 Å². The zero-order valence-corrected chi connectivity index (χ0v) is 8.48. The van der Waals surface area contributed by atoms with Crippen molar-refractivity contribution in [2.24, 2.45) is 11.3 Å². The van der Waals surface area contributed by atoms with Gasteiger partial charge in [0.05, 0.1) is 0 Å². The summed E-state index contributed by atoms with van der Waals surface area (Å²) < 4.78 is 0. The lowest BCUT2D eigenvalue weighted by Crippen LogP contribution is -2.21. The van der Waals surface area contributed by atoms with E-state index in [2.05, 4.69) is 40.3 Å². The highest BCUT2D eigenvalue weighted by Crippen LogP contribution is 2.34. The van der Waals surface area contributed by atoms with E-state index < -0.39 is 0 Å². The minimum absolute atomic E-state index is 0.450. The molecule has 1 atom stereocenters. The summed E-state index contributed by atoms with van der Waals surface area (Å²) in [4.78, 5) is 0. The maximum Gasteiger partial charge on any atom is -0.0187 e. The van der Waals surface area contributed by atoms with Gasteiger partial charge >= 0.3 is 0 Å². The van der Waals surface area contributed by atoms with Crippen LogP contribution in [-0.2, 0) is 0 Å². The molecular formula is C11H22. The van der Waals surface area contributed by atoms with Crippen LogP contribution in [-0.4, -0.2) is 0 Å². The van der Waals surface area contributed by atoms with Crippen molar-refractivity contribution >= 4 is 0 Å². The summed E-state index contributed by atoms with van der Waals surface area (Å²) in [6, 6.07) is 0. The van der Waals surface area contributed by atoms with E-state index in [0.29, 0.717) is 11.3 Å². The molecule has 0 aliphatic heterocycles. The predicted molar refractivity (Wildman–Crippen MR) is 52.7 cm³/mol. The van der Waals surface area contributed by atoms with Crippen LogP contribution in [0.3, 0.4) is 0 Å². The molecule has 0 rings (SSSR count). The van der Waals surface area contributed by atoms with Crippen LogP contribution in [0.25, 0.3) is 0 Å². The van der Waals surface area contributed by atoms with Gasteiger partial charge in [0.25, 0.3) is 0 Å². The standard InChI is InChI=1S/C11H22/c1-6-9-11(4,5)10(7-2)8-3/h7,10H,2,6,8-9H2,1,3-5H3. The number of hydrogen-bond acceptors (Lipinski definition) is 0. The second-order valence-electron chi connectivity index (χ2n) is 3.99. The Balaban J connectivity index is 4.11. The predicted octanol–water partition coefficient (Wildman–Crippen LogP) is 4.02. The Labute approximate surface area is 71.7 Å². The summed E-state index contributed by atoms with van der Waals surface area (Å²) >= 11 is 0. The second kappa shape index (κ2) is 4.58. The average Bonchev–Trinajstić information content (AvgIpc) is 1.89. The van der Waals surface area contributed by atoms with Crippen LogP contribution in [0.2, 0.25) is 0 Å². The molecule has 1 unspecified atom stereocenters. The smallest absolute Gasteiger partial charge is 0.0187 e. The molecule has 0 heteroatoms. The quantitative estimate of drug-likeness (QED) is 0.524. The van der Waals surface area contributed by atoms with Crippen LogP contribution < -0.4 is 0 Å². The molecule has 0 bridgehead atoms. The molecule has 0 amide bonds. The van der Waals surface area contributed by atoms with E-state index in [-0.39, 0.29) is 0 Å². The number of hydrogen-bond donors (Lipinski definition) is 0. The van der Waals surface area contributed by atoms with Crippen LogP contribution in [0.15, 0.2) is 12.7 Å². The fourth-order valence-corrected chi connectivity index (χ4v) is 1.87. The van der Waals surface area contributed by atoms with Gasteiger partial charge in [-0.05, 0) is 24.2 Å². The topological polar surface area (TPSA) is 0 Å². The molecular weight excluding hydrogens is 132 g/mol. The molecule has 0 heterocycles. The minimum Gasteiger partial charge on any atom is -0.103 e. The van der Waals surface area contributed by atoms with Gasteiger partial charge in [-0.25, -0.2) is 0 Å². The summed E-state index contributed by atoms with van der Waals surface area (Å²) in [5.41, 5.74) is 0.450. The molecule has 0 aromatic carbocycles. The van der Waals surface area contributed by atoms with Crippen molar-refractivity contribution < 1.29 is 0 Å².